The molecule has 0 saturated heterocycles. The molecule has 0 saturated carbocycles. The molecular formula is C16H11ClN6O3. The summed E-state index contributed by atoms with van der Waals surface area (Å²) in [6.45, 7) is 1.66. The molecule has 0 amide bonds. The molecule has 0 aliphatic rings. The molecule has 0 aliphatic carbocycles. The maximum atomic E-state index is 12.1. The zero-order chi connectivity index (χ0) is 18.1. The summed E-state index contributed by atoms with van der Waals surface area (Å²) < 4.78 is 11.8. The van der Waals surface area contributed by atoms with Crippen LogP contribution in [0.1, 0.15) is 22.1 Å². The molecule has 10 heteroatoms. The first-order valence-electron chi connectivity index (χ1n) is 7.54. The first-order chi connectivity index (χ1) is 12.6. The molecule has 0 fully saturated rings. The van der Waals surface area contributed by atoms with Gasteiger partial charge in [0.15, 0.2) is 6.61 Å². The van der Waals surface area contributed by atoms with Gasteiger partial charge >= 0.3 is 5.97 Å². The Morgan fingerprint density at radius 1 is 1.23 bits per heavy atom. The van der Waals surface area contributed by atoms with Crippen molar-refractivity contribution in [2.45, 2.75) is 13.5 Å². The van der Waals surface area contributed by atoms with Crippen LogP contribution < -0.4 is 0 Å². The summed E-state index contributed by atoms with van der Waals surface area (Å²) in [5, 5.41) is 8.46. The Morgan fingerprint density at radius 3 is 2.81 bits per heavy atom. The number of carbonyl (C=O) groups is 1. The van der Waals surface area contributed by atoms with Crippen LogP contribution in [0, 0.1) is 6.92 Å². The van der Waals surface area contributed by atoms with Crippen molar-refractivity contribution in [1.82, 2.24) is 29.7 Å². The van der Waals surface area contributed by atoms with Gasteiger partial charge in [0, 0.05) is 22.5 Å². The van der Waals surface area contributed by atoms with Gasteiger partial charge in [-0.15, -0.1) is 5.10 Å². The van der Waals surface area contributed by atoms with Gasteiger partial charge in [-0.1, -0.05) is 16.8 Å². The van der Waals surface area contributed by atoms with E-state index in [0.29, 0.717) is 22.3 Å². The molecule has 0 atom stereocenters. The topological polar surface area (TPSA) is 108 Å². The first-order valence-corrected chi connectivity index (χ1v) is 7.92. The monoisotopic (exact) mass is 370 g/mol. The molecule has 4 rings (SSSR count). The van der Waals surface area contributed by atoms with Crippen molar-refractivity contribution in [2.75, 3.05) is 0 Å². The second-order valence-corrected chi connectivity index (χ2v) is 5.77. The first kappa shape index (κ1) is 16.2. The lowest BCUT2D eigenvalue weighted by atomic mass is 10.2. The summed E-state index contributed by atoms with van der Waals surface area (Å²) in [6, 6.07) is 8.69. The molecule has 9 nitrogen and oxygen atoms in total. The smallest absolute Gasteiger partial charge is 0.378 e. The fourth-order valence-corrected chi connectivity index (χ4v) is 2.34. The maximum Gasteiger partial charge on any atom is 0.378 e. The van der Waals surface area contributed by atoms with E-state index < -0.39 is 5.97 Å². The van der Waals surface area contributed by atoms with Crippen LogP contribution in [0.5, 0.6) is 0 Å². The quantitative estimate of drug-likeness (QED) is 0.504. The number of aromatic nitrogens is 6. The largest absolute Gasteiger partial charge is 0.451 e. The normalized spacial score (nSPS) is 11.0. The third-order valence-electron chi connectivity index (χ3n) is 3.50. The highest BCUT2D eigenvalue weighted by Gasteiger charge is 2.17. The molecule has 0 bridgehead atoms. The Bertz CT molecular complexity index is 1090. The molecule has 0 radical (unpaired) electrons. The van der Waals surface area contributed by atoms with E-state index in [0.717, 1.165) is 5.69 Å². The van der Waals surface area contributed by atoms with E-state index in [4.69, 9.17) is 20.9 Å². The Labute approximate surface area is 151 Å². The lowest BCUT2D eigenvalue weighted by molar-refractivity contribution is 0.0445. The van der Waals surface area contributed by atoms with Gasteiger partial charge < -0.3 is 9.26 Å². The lowest BCUT2D eigenvalue weighted by Gasteiger charge is -1.97. The number of hydrogen-bond acceptors (Lipinski definition) is 8. The molecule has 4 aromatic rings. The molecule has 0 N–H and O–H groups in total. The fraction of sp³-hybridized carbons (Fsp3) is 0.125. The predicted octanol–water partition coefficient (Wildman–Crippen LogP) is 2.49. The second-order valence-electron chi connectivity index (χ2n) is 5.33. The number of aryl methyl sites for hydroxylation is 1. The standard InChI is InChI=1S/C16H11ClN6O3/c1-9-6-7-18-16-20-13(21-23(9)16)15(24)25-8-12-19-14(26-22-12)10-2-4-11(17)5-3-10/h2-7H,8H2,1H3. The van der Waals surface area contributed by atoms with Gasteiger partial charge in [-0.2, -0.15) is 9.97 Å². The molecule has 3 aromatic heterocycles. The average Bonchev–Trinajstić information content (AvgIpc) is 3.28. The van der Waals surface area contributed by atoms with Crippen LogP contribution in [-0.2, 0) is 11.3 Å². The van der Waals surface area contributed by atoms with Crippen molar-refractivity contribution in [3.8, 4) is 11.5 Å². The van der Waals surface area contributed by atoms with Crippen LogP contribution in [0.25, 0.3) is 17.2 Å². The third-order valence-corrected chi connectivity index (χ3v) is 3.76. The maximum absolute atomic E-state index is 12.1. The van der Waals surface area contributed by atoms with Crippen LogP contribution in [-0.4, -0.2) is 35.7 Å². The Morgan fingerprint density at radius 2 is 2.04 bits per heavy atom. The van der Waals surface area contributed by atoms with Gasteiger partial charge in [0.2, 0.25) is 5.82 Å². The highest BCUT2D eigenvalue weighted by atomic mass is 35.5. The molecule has 1 aromatic carbocycles. The van der Waals surface area contributed by atoms with Gasteiger partial charge in [-0.3, -0.25) is 0 Å². The highest BCUT2D eigenvalue weighted by Crippen LogP contribution is 2.19. The van der Waals surface area contributed by atoms with Crippen LogP contribution >= 0.6 is 11.6 Å². The summed E-state index contributed by atoms with van der Waals surface area (Å²) >= 11 is 5.84. The van der Waals surface area contributed by atoms with E-state index in [1.165, 1.54) is 4.52 Å². The molecule has 26 heavy (non-hydrogen) atoms. The van der Waals surface area contributed by atoms with Crippen molar-refractivity contribution >= 4 is 23.3 Å². The molecular weight excluding hydrogens is 360 g/mol. The van der Waals surface area contributed by atoms with Crippen LogP contribution in [0.3, 0.4) is 0 Å². The minimum Gasteiger partial charge on any atom is -0.451 e. The van der Waals surface area contributed by atoms with Gasteiger partial charge in [0.25, 0.3) is 17.5 Å². The van der Waals surface area contributed by atoms with Crippen molar-refractivity contribution in [2.24, 2.45) is 0 Å². The van der Waals surface area contributed by atoms with Gasteiger partial charge in [-0.25, -0.2) is 14.3 Å². The summed E-state index contributed by atoms with van der Waals surface area (Å²) in [5.74, 6) is 0.0577. The van der Waals surface area contributed by atoms with Crippen LogP contribution in [0.2, 0.25) is 5.02 Å². The average molecular weight is 371 g/mol. The number of fused-ring (bicyclic) bond motifs is 1. The number of hydrogen-bond donors (Lipinski definition) is 0. The molecule has 0 aliphatic heterocycles. The molecule has 0 spiro atoms. The SMILES string of the molecule is Cc1ccnc2nc(C(=O)OCc3noc(-c4ccc(Cl)cc4)n3)nn12. The molecule has 0 unspecified atom stereocenters. The number of rotatable bonds is 4. The number of ether oxygens (including phenoxy) is 1. The summed E-state index contributed by atoms with van der Waals surface area (Å²) in [4.78, 5) is 24.4. The van der Waals surface area contributed by atoms with E-state index in [1.54, 1.807) is 36.5 Å². The number of esters is 1. The number of benzene rings is 1. The van der Waals surface area contributed by atoms with Crippen molar-refractivity contribution in [3.05, 3.63) is 58.9 Å². The van der Waals surface area contributed by atoms with Crippen LogP contribution in [0.15, 0.2) is 41.1 Å². The van der Waals surface area contributed by atoms with E-state index in [9.17, 15) is 4.79 Å². The highest BCUT2D eigenvalue weighted by molar-refractivity contribution is 6.30. The van der Waals surface area contributed by atoms with Crippen molar-refractivity contribution in [3.63, 3.8) is 0 Å². The Balaban J connectivity index is 1.46. The predicted molar refractivity (Wildman–Crippen MR) is 89.4 cm³/mol. The Hall–Kier alpha value is -3.33. The summed E-state index contributed by atoms with van der Waals surface area (Å²) in [6.07, 6.45) is 1.59. The molecule has 130 valence electrons. The molecule has 3 heterocycles. The summed E-state index contributed by atoms with van der Waals surface area (Å²) in [7, 11) is 0. The van der Waals surface area contributed by atoms with E-state index in [2.05, 4.69) is 25.2 Å². The van der Waals surface area contributed by atoms with Gasteiger partial charge in [0.05, 0.1) is 0 Å². The number of halogens is 1. The third kappa shape index (κ3) is 3.11. The van der Waals surface area contributed by atoms with E-state index in [-0.39, 0.29) is 18.3 Å². The van der Waals surface area contributed by atoms with Crippen molar-refractivity contribution in [1.29, 1.82) is 0 Å². The minimum absolute atomic E-state index is 0.0896. The zero-order valence-corrected chi connectivity index (χ0v) is 14.2. The zero-order valence-electron chi connectivity index (χ0n) is 13.5. The van der Waals surface area contributed by atoms with Crippen molar-refractivity contribution < 1.29 is 14.1 Å². The number of carbonyl (C=O) groups excluding carboxylic acids is 1. The van der Waals surface area contributed by atoms with E-state index >= 15 is 0 Å². The van der Waals surface area contributed by atoms with E-state index in [1.807, 2.05) is 6.92 Å². The minimum atomic E-state index is -0.701. The van der Waals surface area contributed by atoms with Gasteiger partial charge in [0.1, 0.15) is 0 Å². The Kier molecular flexibility index (Phi) is 4.05. The van der Waals surface area contributed by atoms with Gasteiger partial charge in [-0.05, 0) is 37.3 Å². The second kappa shape index (κ2) is 6.52. The lowest BCUT2D eigenvalue weighted by Crippen LogP contribution is -2.08. The summed E-state index contributed by atoms with van der Waals surface area (Å²) in [5.41, 5.74) is 1.51. The fourth-order valence-electron chi connectivity index (χ4n) is 2.21. The van der Waals surface area contributed by atoms with Crippen LogP contribution in [0.4, 0.5) is 0 Å². The number of nitrogens with zero attached hydrogens (tertiary/aromatic N) is 6.